The van der Waals surface area contributed by atoms with Crippen molar-refractivity contribution in [3.63, 3.8) is 0 Å². The van der Waals surface area contributed by atoms with E-state index in [9.17, 15) is 14.4 Å². The number of carboxylic acid groups (broad SMARTS) is 1. The van der Waals surface area contributed by atoms with Crippen LogP contribution in [0.4, 0.5) is 10.5 Å². The third kappa shape index (κ3) is 3.90. The molecular formula is C17H21N3O5. The predicted molar refractivity (Wildman–Crippen MR) is 89.5 cm³/mol. The molecule has 2 amide bonds. The number of nitrogens with zero attached hydrogens (tertiary/aromatic N) is 2. The third-order valence-corrected chi connectivity index (χ3v) is 4.52. The first-order valence-corrected chi connectivity index (χ1v) is 8.17. The average molecular weight is 347 g/mol. The number of aromatic carboxylic acids is 1. The van der Waals surface area contributed by atoms with E-state index in [4.69, 9.17) is 9.84 Å². The highest BCUT2D eigenvalue weighted by atomic mass is 16.6. The number of benzene rings is 1. The number of anilines is 1. The summed E-state index contributed by atoms with van der Waals surface area (Å²) >= 11 is 0. The van der Waals surface area contributed by atoms with Gasteiger partial charge in [-0.2, -0.15) is 0 Å². The summed E-state index contributed by atoms with van der Waals surface area (Å²) in [6, 6.07) is 6.13. The molecule has 0 bridgehead atoms. The molecule has 8 heteroatoms. The minimum atomic E-state index is -1.04. The fourth-order valence-corrected chi connectivity index (χ4v) is 3.46. The highest BCUT2D eigenvalue weighted by Crippen LogP contribution is 2.31. The largest absolute Gasteiger partial charge is 0.478 e. The number of carbonyl (C=O) groups excluding carboxylic acids is 2. The molecule has 0 aliphatic carbocycles. The van der Waals surface area contributed by atoms with E-state index >= 15 is 0 Å². The van der Waals surface area contributed by atoms with Crippen molar-refractivity contribution < 1.29 is 24.2 Å². The summed E-state index contributed by atoms with van der Waals surface area (Å²) in [6.45, 7) is 1.97. The number of amides is 2. The first-order valence-electron chi connectivity index (χ1n) is 8.17. The molecule has 1 aromatic rings. The fourth-order valence-electron chi connectivity index (χ4n) is 3.46. The van der Waals surface area contributed by atoms with Crippen molar-refractivity contribution in [3.05, 3.63) is 29.8 Å². The van der Waals surface area contributed by atoms with E-state index in [2.05, 4.69) is 5.32 Å². The topological polar surface area (TPSA) is 99.2 Å². The van der Waals surface area contributed by atoms with Crippen LogP contribution in [0.5, 0.6) is 0 Å². The maximum Gasteiger partial charge on any atom is 0.410 e. The van der Waals surface area contributed by atoms with Gasteiger partial charge < -0.3 is 20.1 Å². The van der Waals surface area contributed by atoms with Gasteiger partial charge in [0.25, 0.3) is 0 Å². The van der Waals surface area contributed by atoms with Crippen LogP contribution in [0.25, 0.3) is 0 Å². The van der Waals surface area contributed by atoms with Crippen LogP contribution in [0.2, 0.25) is 0 Å². The fraction of sp³-hybridized carbons (Fsp3) is 0.471. The number of carboxylic acids is 1. The lowest BCUT2D eigenvalue weighted by atomic mass is 9.93. The number of piperidine rings is 1. The number of carbonyl (C=O) groups is 3. The highest BCUT2D eigenvalue weighted by molar-refractivity contribution is 5.94. The molecule has 2 N–H and O–H groups in total. The lowest BCUT2D eigenvalue weighted by molar-refractivity contribution is -0.118. The van der Waals surface area contributed by atoms with Crippen molar-refractivity contribution in [2.75, 3.05) is 38.5 Å². The van der Waals surface area contributed by atoms with Gasteiger partial charge in [0.05, 0.1) is 18.7 Å². The Bertz CT molecular complexity index is 707. The van der Waals surface area contributed by atoms with Gasteiger partial charge in [0.2, 0.25) is 5.91 Å². The van der Waals surface area contributed by atoms with Crippen LogP contribution in [0, 0.1) is 0 Å². The molecule has 134 valence electrons. The van der Waals surface area contributed by atoms with E-state index in [0.717, 1.165) is 19.4 Å². The molecule has 0 unspecified atom stereocenters. The Balaban J connectivity index is 1.59. The second-order valence-electron chi connectivity index (χ2n) is 6.66. The molecule has 0 aromatic heterocycles. The molecule has 0 radical (unpaired) electrons. The van der Waals surface area contributed by atoms with Crippen molar-refractivity contribution >= 4 is 23.7 Å². The molecule has 1 aromatic carbocycles. The molecule has 1 atom stereocenters. The first-order chi connectivity index (χ1) is 11.9. The summed E-state index contributed by atoms with van der Waals surface area (Å²) in [5, 5.41) is 11.7. The second-order valence-corrected chi connectivity index (χ2v) is 6.66. The van der Waals surface area contributed by atoms with E-state index < -0.39 is 11.6 Å². The van der Waals surface area contributed by atoms with E-state index in [-0.39, 0.29) is 24.1 Å². The van der Waals surface area contributed by atoms with Gasteiger partial charge in [0.1, 0.15) is 5.60 Å². The van der Waals surface area contributed by atoms with Crippen molar-refractivity contribution in [2.45, 2.75) is 18.4 Å². The number of rotatable bonds is 4. The summed E-state index contributed by atoms with van der Waals surface area (Å²) in [5.74, 6) is -1.27. The molecule has 25 heavy (non-hydrogen) atoms. The van der Waals surface area contributed by atoms with Gasteiger partial charge in [-0.15, -0.1) is 0 Å². The second kappa shape index (κ2) is 6.72. The number of ether oxygens (including phenoxy) is 1. The smallest absolute Gasteiger partial charge is 0.410 e. The predicted octanol–water partition coefficient (Wildman–Crippen LogP) is 1.24. The Morgan fingerprint density at radius 2 is 2.16 bits per heavy atom. The molecule has 3 rings (SSSR count). The maximum absolute atomic E-state index is 12.3. The van der Waals surface area contributed by atoms with Crippen LogP contribution in [-0.4, -0.2) is 71.7 Å². The van der Waals surface area contributed by atoms with Crippen LogP contribution in [0.3, 0.4) is 0 Å². The average Bonchev–Trinajstić information content (AvgIpc) is 2.80. The van der Waals surface area contributed by atoms with E-state index in [1.807, 2.05) is 4.90 Å². The lowest BCUT2D eigenvalue weighted by Gasteiger charge is -2.37. The molecule has 2 saturated heterocycles. The quantitative estimate of drug-likeness (QED) is 0.850. The summed E-state index contributed by atoms with van der Waals surface area (Å²) in [4.78, 5) is 38.4. The number of likely N-dealkylation sites (tertiary alicyclic amines) is 1. The van der Waals surface area contributed by atoms with Gasteiger partial charge in [-0.3, -0.25) is 9.69 Å². The van der Waals surface area contributed by atoms with Crippen molar-refractivity contribution in [1.29, 1.82) is 0 Å². The van der Waals surface area contributed by atoms with Crippen LogP contribution in [0.1, 0.15) is 23.2 Å². The molecule has 1 spiro atoms. The highest BCUT2D eigenvalue weighted by Gasteiger charge is 2.46. The van der Waals surface area contributed by atoms with E-state index in [1.165, 1.54) is 12.1 Å². The number of nitrogens with one attached hydrogen (secondary N) is 1. The minimum absolute atomic E-state index is 0.121. The van der Waals surface area contributed by atoms with Gasteiger partial charge in [-0.25, -0.2) is 9.59 Å². The summed E-state index contributed by atoms with van der Waals surface area (Å²) in [7, 11) is 1.71. The van der Waals surface area contributed by atoms with Crippen LogP contribution in [0.15, 0.2) is 24.3 Å². The molecule has 2 fully saturated rings. The van der Waals surface area contributed by atoms with Gasteiger partial charge in [-0.05, 0) is 37.6 Å². The van der Waals surface area contributed by atoms with E-state index in [0.29, 0.717) is 18.8 Å². The van der Waals surface area contributed by atoms with E-state index in [1.54, 1.807) is 24.1 Å². The molecular weight excluding hydrogens is 326 g/mol. The molecule has 0 saturated carbocycles. The van der Waals surface area contributed by atoms with Crippen LogP contribution >= 0.6 is 0 Å². The lowest BCUT2D eigenvalue weighted by Crippen LogP contribution is -2.52. The Morgan fingerprint density at radius 1 is 1.36 bits per heavy atom. The Labute approximate surface area is 145 Å². The Hall–Kier alpha value is -2.61. The standard InChI is InChI=1S/C17H21N3O5/c1-19-10-17(25-16(19)24)6-3-7-20(11-17)9-14(21)18-13-5-2-4-12(8-13)15(22)23/h2,4-5,8H,3,6-7,9-11H2,1H3,(H,18,21)(H,22,23)/t17-/m0/s1. The van der Waals surface area contributed by atoms with Crippen molar-refractivity contribution in [1.82, 2.24) is 9.80 Å². The zero-order valence-corrected chi connectivity index (χ0v) is 14.0. The van der Waals surface area contributed by atoms with Gasteiger partial charge in [-0.1, -0.05) is 6.07 Å². The number of likely N-dealkylation sites (N-methyl/N-ethyl adjacent to an activating group) is 1. The normalized spacial score (nSPS) is 23.6. The third-order valence-electron chi connectivity index (χ3n) is 4.52. The number of hydrogen-bond donors (Lipinski definition) is 2. The van der Waals surface area contributed by atoms with Gasteiger partial charge in [0.15, 0.2) is 0 Å². The van der Waals surface area contributed by atoms with Crippen molar-refractivity contribution in [3.8, 4) is 0 Å². The summed E-state index contributed by atoms with van der Waals surface area (Å²) in [5.41, 5.74) is 0.0346. The van der Waals surface area contributed by atoms with Crippen LogP contribution < -0.4 is 5.32 Å². The van der Waals surface area contributed by atoms with Crippen LogP contribution in [-0.2, 0) is 9.53 Å². The molecule has 8 nitrogen and oxygen atoms in total. The van der Waals surface area contributed by atoms with Gasteiger partial charge >= 0.3 is 12.1 Å². The first kappa shape index (κ1) is 17.2. The summed E-state index contributed by atoms with van der Waals surface area (Å²) in [6.07, 6.45) is 1.32. The summed E-state index contributed by atoms with van der Waals surface area (Å²) < 4.78 is 5.52. The minimum Gasteiger partial charge on any atom is -0.478 e. The maximum atomic E-state index is 12.3. The molecule has 2 aliphatic rings. The molecule has 2 aliphatic heterocycles. The van der Waals surface area contributed by atoms with Crippen molar-refractivity contribution in [2.24, 2.45) is 0 Å². The zero-order chi connectivity index (χ0) is 18.0. The molecule has 2 heterocycles. The zero-order valence-electron chi connectivity index (χ0n) is 14.0. The monoisotopic (exact) mass is 347 g/mol. The SMILES string of the molecule is CN1C[C@]2(CCCN(CC(=O)Nc3cccc(C(=O)O)c3)C2)OC1=O. The number of hydrogen-bond acceptors (Lipinski definition) is 5. The Morgan fingerprint density at radius 3 is 2.84 bits per heavy atom. The van der Waals surface area contributed by atoms with Gasteiger partial charge in [0, 0.05) is 19.3 Å². The Kier molecular flexibility index (Phi) is 4.63.